The van der Waals surface area contributed by atoms with Crippen molar-refractivity contribution in [1.29, 1.82) is 0 Å². The van der Waals surface area contributed by atoms with Gasteiger partial charge in [-0.05, 0) is 26.8 Å². The lowest BCUT2D eigenvalue weighted by molar-refractivity contribution is -0.136. The molecule has 0 N–H and O–H groups in total. The minimum atomic E-state index is -0.774. The van der Waals surface area contributed by atoms with Gasteiger partial charge < -0.3 is 19.3 Å². The van der Waals surface area contributed by atoms with Crippen LogP contribution in [0.3, 0.4) is 0 Å². The summed E-state index contributed by atoms with van der Waals surface area (Å²) in [5.41, 5.74) is -0.304. The molecule has 1 fully saturated rings. The number of nitrogens with zero attached hydrogens (tertiary/aromatic N) is 4. The van der Waals surface area contributed by atoms with Crippen LogP contribution in [-0.2, 0) is 14.3 Å². The molecule has 0 unspecified atom stereocenters. The van der Waals surface area contributed by atoms with Gasteiger partial charge in [0.15, 0.2) is 12.3 Å². The summed E-state index contributed by atoms with van der Waals surface area (Å²) in [4.78, 5) is 52.6. The van der Waals surface area contributed by atoms with E-state index in [2.05, 4.69) is 5.10 Å². The van der Waals surface area contributed by atoms with Crippen molar-refractivity contribution in [1.82, 2.24) is 19.6 Å². The predicted molar refractivity (Wildman–Crippen MR) is 112 cm³/mol. The maximum atomic E-state index is 12.7. The Hall–Kier alpha value is -3.43. The highest BCUT2D eigenvalue weighted by Gasteiger charge is 2.26. The van der Waals surface area contributed by atoms with Crippen molar-refractivity contribution in [2.45, 2.75) is 26.8 Å². The Morgan fingerprint density at radius 3 is 2.23 bits per heavy atom. The Balaban J connectivity index is 1.67. The molecule has 166 valence electrons. The van der Waals surface area contributed by atoms with Crippen LogP contribution in [-0.4, -0.2) is 76.9 Å². The molecule has 0 atom stereocenters. The second kappa shape index (κ2) is 9.59. The van der Waals surface area contributed by atoms with E-state index in [0.717, 1.165) is 0 Å². The lowest BCUT2D eigenvalue weighted by Crippen LogP contribution is -2.51. The highest BCUT2D eigenvalue weighted by molar-refractivity contribution is 6.02. The quantitative estimate of drug-likeness (QED) is 0.660. The van der Waals surface area contributed by atoms with Crippen molar-refractivity contribution >= 4 is 28.7 Å². The van der Waals surface area contributed by atoms with Crippen LogP contribution in [0, 0.1) is 0 Å². The van der Waals surface area contributed by atoms with Gasteiger partial charge in [-0.2, -0.15) is 5.10 Å². The van der Waals surface area contributed by atoms with E-state index in [1.807, 2.05) is 0 Å². The fourth-order valence-corrected chi connectivity index (χ4v) is 3.35. The first-order chi connectivity index (χ1) is 14.8. The van der Waals surface area contributed by atoms with E-state index >= 15 is 0 Å². The number of hydrogen-bond donors (Lipinski definition) is 0. The Labute approximate surface area is 179 Å². The van der Waals surface area contributed by atoms with Gasteiger partial charge in [-0.25, -0.2) is 14.3 Å². The Morgan fingerprint density at radius 2 is 1.61 bits per heavy atom. The fraction of sp³-hybridized carbons (Fsp3) is 0.476. The second-order valence-electron chi connectivity index (χ2n) is 7.38. The first kappa shape index (κ1) is 22.3. The third-order valence-corrected chi connectivity index (χ3v) is 5.00. The van der Waals surface area contributed by atoms with Crippen LogP contribution in [0.25, 0.3) is 10.8 Å². The van der Waals surface area contributed by atoms with Gasteiger partial charge >= 0.3 is 12.1 Å². The number of rotatable bonds is 5. The van der Waals surface area contributed by atoms with Gasteiger partial charge in [-0.15, -0.1) is 0 Å². The third-order valence-electron chi connectivity index (χ3n) is 5.00. The number of aromatic nitrogens is 2. The summed E-state index contributed by atoms with van der Waals surface area (Å²) in [6.45, 7) is 6.51. The molecule has 0 aliphatic carbocycles. The fourth-order valence-electron chi connectivity index (χ4n) is 3.35. The molecule has 1 saturated heterocycles. The molecule has 10 nitrogen and oxygen atoms in total. The SMILES string of the molecule is CCOC(=O)N1CCN(C(=O)COC(=O)c2nn(C(C)C)c(=O)c3ccccc23)CC1. The molecule has 2 heterocycles. The van der Waals surface area contributed by atoms with Gasteiger partial charge in [-0.3, -0.25) is 9.59 Å². The van der Waals surface area contributed by atoms with E-state index in [-0.39, 0.29) is 23.2 Å². The standard InChI is InChI=1S/C21H26N4O6/c1-4-30-21(29)24-11-9-23(10-12-24)17(26)13-31-20(28)18-15-7-5-6-8-16(15)19(27)25(22-18)14(2)3/h5-8,14H,4,9-13H2,1-3H3. The summed E-state index contributed by atoms with van der Waals surface area (Å²) in [6, 6.07) is 6.42. The number of piperazine rings is 1. The zero-order valence-electron chi connectivity index (χ0n) is 17.9. The van der Waals surface area contributed by atoms with E-state index < -0.39 is 18.7 Å². The number of esters is 1. The van der Waals surface area contributed by atoms with Crippen molar-refractivity contribution in [2.75, 3.05) is 39.4 Å². The molecule has 1 aromatic heterocycles. The summed E-state index contributed by atoms with van der Waals surface area (Å²) >= 11 is 0. The molecule has 31 heavy (non-hydrogen) atoms. The van der Waals surface area contributed by atoms with Crippen LogP contribution in [0.2, 0.25) is 0 Å². The van der Waals surface area contributed by atoms with Crippen LogP contribution in [0.4, 0.5) is 4.79 Å². The van der Waals surface area contributed by atoms with Crippen molar-refractivity contribution < 1.29 is 23.9 Å². The monoisotopic (exact) mass is 430 g/mol. The molecular weight excluding hydrogens is 404 g/mol. The van der Waals surface area contributed by atoms with Gasteiger partial charge in [-0.1, -0.05) is 18.2 Å². The van der Waals surface area contributed by atoms with E-state index in [4.69, 9.17) is 9.47 Å². The molecule has 3 rings (SSSR count). The van der Waals surface area contributed by atoms with Gasteiger partial charge in [0.2, 0.25) is 0 Å². The summed E-state index contributed by atoms with van der Waals surface area (Å²) < 4.78 is 11.4. The average molecular weight is 430 g/mol. The number of ether oxygens (including phenoxy) is 2. The molecule has 0 saturated carbocycles. The first-order valence-electron chi connectivity index (χ1n) is 10.2. The van der Waals surface area contributed by atoms with Crippen molar-refractivity contribution in [3.05, 3.63) is 40.3 Å². The Kier molecular flexibility index (Phi) is 6.88. The zero-order valence-corrected chi connectivity index (χ0v) is 17.9. The summed E-state index contributed by atoms with van der Waals surface area (Å²) in [7, 11) is 0. The highest BCUT2D eigenvalue weighted by Crippen LogP contribution is 2.16. The zero-order chi connectivity index (χ0) is 22.5. The highest BCUT2D eigenvalue weighted by atomic mass is 16.6. The number of carbonyl (C=O) groups excluding carboxylic acids is 3. The Morgan fingerprint density at radius 1 is 1.00 bits per heavy atom. The maximum Gasteiger partial charge on any atom is 0.409 e. The van der Waals surface area contributed by atoms with E-state index in [1.54, 1.807) is 45.0 Å². The largest absolute Gasteiger partial charge is 0.451 e. The molecule has 0 spiro atoms. The van der Waals surface area contributed by atoms with Gasteiger partial charge in [0, 0.05) is 31.6 Å². The molecule has 1 aliphatic heterocycles. The van der Waals surface area contributed by atoms with Crippen molar-refractivity contribution in [2.24, 2.45) is 0 Å². The second-order valence-corrected chi connectivity index (χ2v) is 7.38. The molecular formula is C21H26N4O6. The predicted octanol–water partition coefficient (Wildman–Crippen LogP) is 1.43. The number of fused-ring (bicyclic) bond motifs is 1. The van der Waals surface area contributed by atoms with Gasteiger partial charge in [0.05, 0.1) is 18.0 Å². The number of carbonyl (C=O) groups is 3. The molecule has 0 radical (unpaired) electrons. The summed E-state index contributed by atoms with van der Waals surface area (Å²) in [5, 5.41) is 4.92. The number of hydrogen-bond acceptors (Lipinski definition) is 7. The molecule has 0 bridgehead atoms. The van der Waals surface area contributed by atoms with Gasteiger partial charge in [0.25, 0.3) is 11.5 Å². The van der Waals surface area contributed by atoms with Crippen LogP contribution in [0.5, 0.6) is 0 Å². The van der Waals surface area contributed by atoms with E-state index in [9.17, 15) is 19.2 Å². The maximum absolute atomic E-state index is 12.7. The normalized spacial score (nSPS) is 14.1. The first-order valence-corrected chi connectivity index (χ1v) is 10.2. The Bertz CT molecular complexity index is 1040. The van der Waals surface area contributed by atoms with Crippen LogP contribution < -0.4 is 5.56 Å². The number of amides is 2. The average Bonchev–Trinajstić information content (AvgIpc) is 2.77. The molecule has 10 heteroatoms. The molecule has 2 amide bonds. The van der Waals surface area contributed by atoms with Crippen LogP contribution >= 0.6 is 0 Å². The van der Waals surface area contributed by atoms with Crippen LogP contribution in [0.1, 0.15) is 37.3 Å². The van der Waals surface area contributed by atoms with E-state index in [1.165, 1.54) is 14.5 Å². The number of benzene rings is 1. The lowest BCUT2D eigenvalue weighted by atomic mass is 10.1. The lowest BCUT2D eigenvalue weighted by Gasteiger charge is -2.33. The van der Waals surface area contributed by atoms with Crippen molar-refractivity contribution in [3.8, 4) is 0 Å². The minimum Gasteiger partial charge on any atom is -0.451 e. The molecule has 1 aliphatic rings. The van der Waals surface area contributed by atoms with Crippen LogP contribution in [0.15, 0.2) is 29.1 Å². The van der Waals surface area contributed by atoms with E-state index in [0.29, 0.717) is 43.6 Å². The van der Waals surface area contributed by atoms with Gasteiger partial charge in [0.1, 0.15) is 0 Å². The summed E-state index contributed by atoms with van der Waals surface area (Å²) in [6.07, 6.45) is -0.403. The molecule has 1 aromatic carbocycles. The van der Waals surface area contributed by atoms with Crippen molar-refractivity contribution in [3.63, 3.8) is 0 Å². The third kappa shape index (κ3) is 4.84. The molecule has 2 aromatic rings. The topological polar surface area (TPSA) is 111 Å². The minimum absolute atomic E-state index is 0.0103. The smallest absolute Gasteiger partial charge is 0.409 e. The summed E-state index contributed by atoms with van der Waals surface area (Å²) in [5.74, 6) is -1.14.